The van der Waals surface area contributed by atoms with E-state index in [1.165, 1.54) is 13.1 Å². The maximum atomic E-state index is 12.4. The lowest BCUT2D eigenvalue weighted by Crippen LogP contribution is -2.22. The summed E-state index contributed by atoms with van der Waals surface area (Å²) in [5, 5.41) is 3.70. The number of ketones is 2. The van der Waals surface area contributed by atoms with E-state index in [4.69, 9.17) is 11.6 Å². The number of H-pyrrole nitrogens is 1. The van der Waals surface area contributed by atoms with Crippen molar-refractivity contribution in [3.8, 4) is 0 Å². The number of fused-ring (bicyclic) bond motifs is 1. The lowest BCUT2D eigenvalue weighted by molar-refractivity contribution is -0.112. The number of anilines is 1. The average Bonchev–Trinajstić information content (AvgIpc) is 2.97. The Morgan fingerprint density at radius 2 is 1.75 bits per heavy atom. The van der Waals surface area contributed by atoms with Crippen LogP contribution in [0.1, 0.15) is 27.6 Å². The Labute approximate surface area is 142 Å². The van der Waals surface area contributed by atoms with Gasteiger partial charge in [-0.05, 0) is 43.3 Å². The highest BCUT2D eigenvalue weighted by atomic mass is 35.5. The van der Waals surface area contributed by atoms with Gasteiger partial charge in [-0.1, -0.05) is 17.7 Å². The van der Waals surface area contributed by atoms with Crippen LogP contribution in [0.3, 0.4) is 0 Å². The molecule has 0 bridgehead atoms. The van der Waals surface area contributed by atoms with Gasteiger partial charge >= 0.3 is 0 Å². The van der Waals surface area contributed by atoms with Gasteiger partial charge in [-0.25, -0.2) is 0 Å². The smallest absolute Gasteiger partial charge is 0.296 e. The van der Waals surface area contributed by atoms with Crippen molar-refractivity contribution in [2.24, 2.45) is 0 Å². The van der Waals surface area contributed by atoms with Crippen LogP contribution in [0.25, 0.3) is 10.9 Å². The Hall–Kier alpha value is -2.92. The van der Waals surface area contributed by atoms with Crippen molar-refractivity contribution in [3.63, 3.8) is 0 Å². The maximum absolute atomic E-state index is 12.4. The molecule has 1 heterocycles. The third kappa shape index (κ3) is 3.07. The highest BCUT2D eigenvalue weighted by molar-refractivity contribution is 6.48. The zero-order chi connectivity index (χ0) is 17.3. The number of benzene rings is 2. The summed E-state index contributed by atoms with van der Waals surface area (Å²) in [4.78, 5) is 38.7. The van der Waals surface area contributed by atoms with Gasteiger partial charge in [0.05, 0.1) is 5.56 Å². The van der Waals surface area contributed by atoms with E-state index in [1.807, 2.05) is 0 Å². The second kappa shape index (κ2) is 6.29. The number of hydrogen-bond donors (Lipinski definition) is 2. The van der Waals surface area contributed by atoms with Crippen LogP contribution in [-0.2, 0) is 4.79 Å². The Morgan fingerprint density at radius 1 is 1.04 bits per heavy atom. The number of aromatic amines is 1. The van der Waals surface area contributed by atoms with E-state index in [9.17, 15) is 14.4 Å². The summed E-state index contributed by atoms with van der Waals surface area (Å²) in [6.45, 7) is 1.46. The van der Waals surface area contributed by atoms with Gasteiger partial charge in [0.15, 0.2) is 5.78 Å². The van der Waals surface area contributed by atoms with Crippen molar-refractivity contribution in [2.75, 3.05) is 5.32 Å². The minimum absolute atomic E-state index is 0.0681. The molecule has 24 heavy (non-hydrogen) atoms. The molecule has 2 aromatic carbocycles. The number of carbonyl (C=O) groups excluding carboxylic acids is 3. The monoisotopic (exact) mass is 340 g/mol. The predicted molar refractivity (Wildman–Crippen MR) is 92.7 cm³/mol. The molecule has 120 valence electrons. The van der Waals surface area contributed by atoms with Crippen molar-refractivity contribution < 1.29 is 14.4 Å². The van der Waals surface area contributed by atoms with Gasteiger partial charge in [0.1, 0.15) is 0 Å². The van der Waals surface area contributed by atoms with E-state index in [1.54, 1.807) is 42.5 Å². The molecule has 0 atom stereocenters. The molecule has 0 fully saturated rings. The first kappa shape index (κ1) is 16.0. The first-order chi connectivity index (χ1) is 11.5. The Morgan fingerprint density at radius 3 is 2.42 bits per heavy atom. The molecule has 0 unspecified atom stereocenters. The van der Waals surface area contributed by atoms with Crippen LogP contribution in [0, 0.1) is 0 Å². The minimum atomic E-state index is -0.749. The maximum Gasteiger partial charge on any atom is 0.296 e. The van der Waals surface area contributed by atoms with Gasteiger partial charge in [0, 0.05) is 33.4 Å². The quantitative estimate of drug-likeness (QED) is 0.559. The normalized spacial score (nSPS) is 10.6. The fraction of sp³-hybridized carbons (Fsp3) is 0.0556. The number of nitrogens with one attached hydrogen (secondary N) is 2. The molecule has 5 nitrogen and oxygen atoms in total. The van der Waals surface area contributed by atoms with E-state index in [0.717, 1.165) is 0 Å². The van der Waals surface area contributed by atoms with Crippen molar-refractivity contribution in [2.45, 2.75) is 6.92 Å². The summed E-state index contributed by atoms with van der Waals surface area (Å²) in [6.07, 6.45) is 1.49. The summed E-state index contributed by atoms with van der Waals surface area (Å²) in [7, 11) is 0. The Balaban J connectivity index is 1.81. The number of aromatic nitrogens is 1. The largest absolute Gasteiger partial charge is 0.360 e. The van der Waals surface area contributed by atoms with Crippen LogP contribution >= 0.6 is 11.6 Å². The fourth-order valence-corrected chi connectivity index (χ4v) is 2.56. The molecule has 0 spiro atoms. The van der Waals surface area contributed by atoms with Crippen LogP contribution in [0.15, 0.2) is 48.7 Å². The molecule has 0 saturated heterocycles. The average molecular weight is 341 g/mol. The summed E-state index contributed by atoms with van der Waals surface area (Å²) in [5.74, 6) is -1.47. The fourth-order valence-electron chi connectivity index (χ4n) is 2.38. The molecule has 1 amide bonds. The second-order valence-electron chi connectivity index (χ2n) is 5.31. The summed E-state index contributed by atoms with van der Waals surface area (Å²) < 4.78 is 0. The van der Waals surface area contributed by atoms with Gasteiger partial charge in [-0.3, -0.25) is 14.4 Å². The molecule has 2 N–H and O–H groups in total. The van der Waals surface area contributed by atoms with Crippen molar-refractivity contribution in [1.82, 2.24) is 4.98 Å². The first-order valence-electron chi connectivity index (χ1n) is 7.19. The SMILES string of the molecule is CC(=O)c1ccc(NC(=O)C(=O)c2c[nH]c3cc(Cl)ccc23)cc1. The molecular weight excluding hydrogens is 328 g/mol. The standard InChI is InChI=1S/C18H13ClN2O3/c1-10(22)11-2-5-13(6-3-11)21-18(24)17(23)15-9-20-16-8-12(19)4-7-14(15)16/h2-9,20H,1H3,(H,21,24). The third-order valence-corrected chi connectivity index (χ3v) is 3.88. The zero-order valence-electron chi connectivity index (χ0n) is 12.7. The van der Waals surface area contributed by atoms with Crippen LogP contribution in [-0.4, -0.2) is 22.5 Å². The number of carbonyl (C=O) groups is 3. The topological polar surface area (TPSA) is 79.0 Å². The van der Waals surface area contributed by atoms with Crippen LogP contribution < -0.4 is 5.32 Å². The molecule has 3 rings (SSSR count). The lowest BCUT2D eigenvalue weighted by Gasteiger charge is -2.05. The molecule has 0 aliphatic rings. The molecule has 1 aromatic heterocycles. The minimum Gasteiger partial charge on any atom is -0.360 e. The molecule has 0 radical (unpaired) electrons. The van der Waals surface area contributed by atoms with Crippen molar-refractivity contribution >= 4 is 45.7 Å². The number of hydrogen-bond acceptors (Lipinski definition) is 3. The Kier molecular flexibility index (Phi) is 4.18. The third-order valence-electron chi connectivity index (χ3n) is 3.64. The lowest BCUT2D eigenvalue weighted by atomic mass is 10.1. The van der Waals surface area contributed by atoms with Crippen molar-refractivity contribution in [1.29, 1.82) is 0 Å². The number of halogens is 1. The van der Waals surface area contributed by atoms with E-state index in [-0.39, 0.29) is 11.3 Å². The van der Waals surface area contributed by atoms with Crippen molar-refractivity contribution in [3.05, 3.63) is 64.8 Å². The number of rotatable bonds is 4. The van der Waals surface area contributed by atoms with Crippen LogP contribution in [0.2, 0.25) is 5.02 Å². The van der Waals surface area contributed by atoms with E-state index < -0.39 is 11.7 Å². The highest BCUT2D eigenvalue weighted by Crippen LogP contribution is 2.22. The predicted octanol–water partition coefficient (Wildman–Crippen LogP) is 3.85. The zero-order valence-corrected chi connectivity index (χ0v) is 13.5. The molecule has 6 heteroatoms. The van der Waals surface area contributed by atoms with Gasteiger partial charge in [0.2, 0.25) is 0 Å². The first-order valence-corrected chi connectivity index (χ1v) is 7.57. The van der Waals surface area contributed by atoms with Gasteiger partial charge < -0.3 is 10.3 Å². The Bertz CT molecular complexity index is 958. The number of Topliss-reactive ketones (excluding diaryl/α,β-unsaturated/α-hetero) is 2. The summed E-state index contributed by atoms with van der Waals surface area (Å²) in [5.41, 5.74) is 1.94. The summed E-state index contributed by atoms with van der Waals surface area (Å²) in [6, 6.07) is 11.4. The summed E-state index contributed by atoms with van der Waals surface area (Å²) >= 11 is 5.90. The molecular formula is C18H13ClN2O3. The molecule has 0 aliphatic carbocycles. The second-order valence-corrected chi connectivity index (χ2v) is 5.75. The number of amides is 1. The highest BCUT2D eigenvalue weighted by Gasteiger charge is 2.20. The van der Waals surface area contributed by atoms with E-state index >= 15 is 0 Å². The molecule has 0 saturated carbocycles. The molecule has 3 aromatic rings. The van der Waals surface area contributed by atoms with E-state index in [0.29, 0.717) is 27.2 Å². The van der Waals surface area contributed by atoms with Crippen LogP contribution in [0.5, 0.6) is 0 Å². The van der Waals surface area contributed by atoms with Gasteiger partial charge in [-0.2, -0.15) is 0 Å². The van der Waals surface area contributed by atoms with Crippen LogP contribution in [0.4, 0.5) is 5.69 Å². The van der Waals surface area contributed by atoms with E-state index in [2.05, 4.69) is 10.3 Å². The molecule has 0 aliphatic heterocycles. The van der Waals surface area contributed by atoms with Gasteiger partial charge in [-0.15, -0.1) is 0 Å². The van der Waals surface area contributed by atoms with Gasteiger partial charge in [0.25, 0.3) is 11.7 Å².